The number of aliphatic imine (C=N–C) groups is 2. The molecule has 3 aliphatic heterocycles. The first-order valence-electron chi connectivity index (χ1n) is 10.7. The number of guanidine groups is 1. The summed E-state index contributed by atoms with van der Waals surface area (Å²) in [5, 5.41) is 1.60. The minimum Gasteiger partial charge on any atom is -0.493 e. The van der Waals surface area contributed by atoms with Crippen LogP contribution in [0.4, 0.5) is 22.0 Å². The van der Waals surface area contributed by atoms with Gasteiger partial charge in [-0.2, -0.15) is 23.2 Å². The molecule has 0 amide bonds. The number of nitrogens with zero attached hydrogens (tertiary/aromatic N) is 5. The smallest absolute Gasteiger partial charge is 0.405 e. The highest BCUT2D eigenvalue weighted by atomic mass is 35.5. The molecule has 3 aliphatic rings. The number of fused-ring (bicyclic) bond motifs is 1. The summed E-state index contributed by atoms with van der Waals surface area (Å²) in [6, 6.07) is 0.130. The first-order chi connectivity index (χ1) is 16.1. The van der Waals surface area contributed by atoms with Gasteiger partial charge < -0.3 is 9.47 Å². The molecule has 0 radical (unpaired) electrons. The summed E-state index contributed by atoms with van der Waals surface area (Å²) >= 11 is 6.12. The number of halogens is 6. The van der Waals surface area contributed by atoms with Gasteiger partial charge in [-0.25, -0.2) is 18.8 Å². The highest BCUT2D eigenvalue weighted by Crippen LogP contribution is 2.34. The van der Waals surface area contributed by atoms with Gasteiger partial charge in [0.25, 0.3) is 0 Å². The van der Waals surface area contributed by atoms with Gasteiger partial charge >= 0.3 is 6.18 Å². The van der Waals surface area contributed by atoms with Crippen LogP contribution >= 0.6 is 11.6 Å². The van der Waals surface area contributed by atoms with E-state index in [2.05, 4.69) is 14.9 Å². The number of benzene rings is 1. The second-order valence-corrected chi connectivity index (χ2v) is 8.32. The number of hydrazine groups is 1. The number of morpholine rings is 1. The van der Waals surface area contributed by atoms with E-state index in [9.17, 15) is 22.0 Å². The zero-order valence-electron chi connectivity index (χ0n) is 18.3. The van der Waals surface area contributed by atoms with Crippen molar-refractivity contribution in [3.05, 3.63) is 35.5 Å². The fourth-order valence-electron chi connectivity index (χ4n) is 3.77. The lowest BCUT2D eigenvalue weighted by Gasteiger charge is -2.34. The molecule has 0 saturated carbocycles. The Hall–Kier alpha value is -2.28. The molecule has 0 aromatic heterocycles. The molecule has 1 aromatic carbocycles. The minimum atomic E-state index is -4.54. The van der Waals surface area contributed by atoms with Crippen LogP contribution in [0.2, 0.25) is 0 Å². The molecule has 4 rings (SSSR count). The molecule has 0 spiro atoms. The number of hydrogen-bond acceptors (Lipinski definition) is 7. The van der Waals surface area contributed by atoms with E-state index >= 15 is 0 Å². The summed E-state index contributed by atoms with van der Waals surface area (Å²) in [5.74, 6) is -2.04. The van der Waals surface area contributed by atoms with Crippen molar-refractivity contribution in [1.82, 2.24) is 14.9 Å². The first-order valence-corrected chi connectivity index (χ1v) is 11.1. The van der Waals surface area contributed by atoms with Crippen molar-refractivity contribution in [3.8, 4) is 5.75 Å². The minimum absolute atomic E-state index is 0.000873. The predicted molar refractivity (Wildman–Crippen MR) is 116 cm³/mol. The summed E-state index contributed by atoms with van der Waals surface area (Å²) in [7, 11) is 0. The molecule has 1 fully saturated rings. The summed E-state index contributed by atoms with van der Waals surface area (Å²) < 4.78 is 80.3. The van der Waals surface area contributed by atoms with E-state index in [0.717, 1.165) is 54.9 Å². The van der Waals surface area contributed by atoms with Crippen molar-refractivity contribution >= 4 is 28.3 Å². The predicted octanol–water partition coefficient (Wildman–Crippen LogP) is 3.85. The van der Waals surface area contributed by atoms with Crippen LogP contribution in [-0.4, -0.2) is 84.4 Å². The molecule has 1 atom stereocenters. The third-order valence-electron chi connectivity index (χ3n) is 5.71. The molecule has 34 heavy (non-hydrogen) atoms. The lowest BCUT2D eigenvalue weighted by molar-refractivity contribution is -0.196. The van der Waals surface area contributed by atoms with Gasteiger partial charge in [-0.1, -0.05) is 11.6 Å². The normalized spacial score (nSPS) is 20.6. The zero-order chi connectivity index (χ0) is 24.5. The number of ether oxygens (including phenoxy) is 2. The Morgan fingerprint density at radius 1 is 1.18 bits per heavy atom. The molecule has 0 unspecified atom stereocenters. The van der Waals surface area contributed by atoms with Gasteiger partial charge in [0, 0.05) is 43.5 Å². The molecule has 1 aromatic rings. The topological polar surface area (TPSA) is 52.9 Å². The molecule has 7 nitrogen and oxygen atoms in total. The van der Waals surface area contributed by atoms with Crippen molar-refractivity contribution in [1.29, 1.82) is 0 Å². The van der Waals surface area contributed by atoms with Crippen LogP contribution in [0.3, 0.4) is 0 Å². The Morgan fingerprint density at radius 2 is 1.85 bits per heavy atom. The second-order valence-electron chi connectivity index (χ2n) is 7.96. The third kappa shape index (κ3) is 5.35. The Morgan fingerprint density at radius 3 is 2.50 bits per heavy atom. The molecule has 0 N–H and O–H groups in total. The van der Waals surface area contributed by atoms with Gasteiger partial charge in [0.15, 0.2) is 0 Å². The van der Waals surface area contributed by atoms with E-state index in [1.165, 1.54) is 0 Å². The zero-order valence-corrected chi connectivity index (χ0v) is 19.0. The maximum absolute atomic E-state index is 14.9. The number of alkyl halides is 3. The summed E-state index contributed by atoms with van der Waals surface area (Å²) in [5.41, 5.74) is -0.712. The summed E-state index contributed by atoms with van der Waals surface area (Å²) in [6.07, 6.45) is -2.77. The summed E-state index contributed by atoms with van der Waals surface area (Å²) in [4.78, 5) is 10.1. The van der Waals surface area contributed by atoms with Gasteiger partial charge in [-0.05, 0) is 13.3 Å². The van der Waals surface area contributed by atoms with Crippen LogP contribution in [0.5, 0.6) is 5.75 Å². The first kappa shape index (κ1) is 24.8. The van der Waals surface area contributed by atoms with E-state index in [4.69, 9.17) is 21.1 Å². The van der Waals surface area contributed by atoms with E-state index in [1.54, 1.807) is 0 Å². The third-order valence-corrected chi connectivity index (χ3v) is 6.00. The molecule has 1 saturated heterocycles. The van der Waals surface area contributed by atoms with Crippen molar-refractivity contribution in [3.63, 3.8) is 0 Å². The van der Waals surface area contributed by atoms with Gasteiger partial charge in [0.2, 0.25) is 5.96 Å². The highest BCUT2D eigenvalue weighted by Gasteiger charge is 2.45. The van der Waals surface area contributed by atoms with Gasteiger partial charge in [0.05, 0.1) is 25.4 Å². The molecule has 0 bridgehead atoms. The Labute approximate surface area is 198 Å². The highest BCUT2D eigenvalue weighted by molar-refractivity contribution is 6.77. The van der Waals surface area contributed by atoms with E-state index in [-0.39, 0.29) is 35.7 Å². The molecule has 3 heterocycles. The van der Waals surface area contributed by atoms with Crippen molar-refractivity contribution in [2.24, 2.45) is 9.98 Å². The number of allylic oxidation sites excluding steroid dienone is 1. The van der Waals surface area contributed by atoms with Crippen LogP contribution in [0.1, 0.15) is 18.9 Å². The van der Waals surface area contributed by atoms with Gasteiger partial charge in [-0.15, -0.1) is 0 Å². The van der Waals surface area contributed by atoms with Crippen LogP contribution in [0.25, 0.3) is 5.57 Å². The Bertz CT molecular complexity index is 987. The van der Waals surface area contributed by atoms with E-state index in [0.29, 0.717) is 19.6 Å². The van der Waals surface area contributed by atoms with Crippen LogP contribution in [0, 0.1) is 11.6 Å². The van der Waals surface area contributed by atoms with Gasteiger partial charge in [-0.3, -0.25) is 4.90 Å². The SMILES string of the molecule is C[C@H](N1CN=C2N=C(Cl)C(c3c(F)cc(OCCCN4CCOCC4)cc3F)=CN21)C(F)(F)F. The maximum Gasteiger partial charge on any atom is 0.405 e. The largest absolute Gasteiger partial charge is 0.493 e. The maximum atomic E-state index is 14.9. The lowest BCUT2D eigenvalue weighted by atomic mass is 10.1. The molecular weight excluding hydrogens is 485 g/mol. The van der Waals surface area contributed by atoms with Crippen molar-refractivity contribution in [2.45, 2.75) is 25.6 Å². The standard InChI is InChI=1S/C21H23ClF5N5O2/c1-13(21(25,26)27)32-12-28-20-29-19(22)15(11-31(20)32)18-16(23)9-14(10-17(18)24)34-6-2-3-30-4-7-33-8-5-30/h9-11,13H,2-8,12H2,1H3/t13-/m0/s1. The van der Waals surface area contributed by atoms with Crippen LogP contribution in [-0.2, 0) is 4.74 Å². The lowest BCUT2D eigenvalue weighted by Crippen LogP contribution is -2.50. The second kappa shape index (κ2) is 10.1. The van der Waals surface area contributed by atoms with Crippen molar-refractivity contribution < 1.29 is 31.4 Å². The number of rotatable bonds is 7. The van der Waals surface area contributed by atoms with Crippen LogP contribution < -0.4 is 4.74 Å². The van der Waals surface area contributed by atoms with Crippen LogP contribution in [0.15, 0.2) is 28.3 Å². The van der Waals surface area contributed by atoms with E-state index < -0.39 is 29.4 Å². The Kier molecular flexibility index (Phi) is 7.41. The molecule has 186 valence electrons. The van der Waals surface area contributed by atoms with E-state index in [1.807, 2.05) is 0 Å². The average Bonchev–Trinajstić information content (AvgIpc) is 3.18. The monoisotopic (exact) mass is 507 g/mol. The summed E-state index contributed by atoms with van der Waals surface area (Å²) in [6.45, 7) is 4.69. The average molecular weight is 508 g/mol. The fourth-order valence-corrected chi connectivity index (χ4v) is 3.99. The Balaban J connectivity index is 1.47. The van der Waals surface area contributed by atoms with Crippen molar-refractivity contribution in [2.75, 3.05) is 46.1 Å². The quantitative estimate of drug-likeness (QED) is 0.414. The van der Waals surface area contributed by atoms with Gasteiger partial charge in [0.1, 0.15) is 35.3 Å². The fraction of sp³-hybridized carbons (Fsp3) is 0.524. The molecule has 13 heteroatoms. The molecule has 0 aliphatic carbocycles. The molecular formula is C21H23ClF5N5O2. The number of hydrogen-bond donors (Lipinski definition) is 0.